The van der Waals surface area contributed by atoms with E-state index in [1.807, 2.05) is 62.4 Å². The molecule has 0 aromatic heterocycles. The van der Waals surface area contributed by atoms with E-state index in [-0.39, 0.29) is 10.2 Å². The van der Waals surface area contributed by atoms with Crippen molar-refractivity contribution in [1.29, 1.82) is 0 Å². The Bertz CT molecular complexity index is 855. The Morgan fingerprint density at radius 3 is 1.38 bits per heavy atom. The van der Waals surface area contributed by atoms with Crippen molar-refractivity contribution in [3.8, 4) is 11.5 Å². The molecule has 0 saturated carbocycles. The van der Waals surface area contributed by atoms with Crippen molar-refractivity contribution in [2.45, 2.75) is 26.9 Å². The molecule has 170 valence electrons. The number of thiocarbonyl (C=S) groups is 2. The number of benzene rings is 2. The zero-order valence-electron chi connectivity index (χ0n) is 18.2. The van der Waals surface area contributed by atoms with Crippen molar-refractivity contribution in [2.75, 3.05) is 13.2 Å². The second-order valence-corrected chi connectivity index (χ2v) is 7.31. The Labute approximate surface area is 199 Å². The van der Waals surface area contributed by atoms with Crippen molar-refractivity contribution in [3.05, 3.63) is 59.7 Å². The van der Waals surface area contributed by atoms with Crippen LogP contribution >= 0.6 is 24.4 Å². The molecule has 2 rings (SSSR count). The monoisotopic (exact) mass is 472 g/mol. The van der Waals surface area contributed by atoms with Gasteiger partial charge in [0.25, 0.3) is 0 Å². The number of hydrazone groups is 2. The van der Waals surface area contributed by atoms with Gasteiger partial charge in [-0.15, -0.1) is 0 Å². The zero-order chi connectivity index (χ0) is 23.3. The van der Waals surface area contributed by atoms with Crippen LogP contribution in [0.3, 0.4) is 0 Å². The first kappa shape index (κ1) is 25.0. The van der Waals surface area contributed by atoms with Gasteiger partial charge in [0, 0.05) is 0 Å². The van der Waals surface area contributed by atoms with E-state index in [0.29, 0.717) is 26.3 Å². The van der Waals surface area contributed by atoms with Crippen LogP contribution in [0.25, 0.3) is 0 Å². The normalized spacial score (nSPS) is 10.9. The summed E-state index contributed by atoms with van der Waals surface area (Å²) in [4.78, 5) is 0. The van der Waals surface area contributed by atoms with E-state index < -0.39 is 0 Å². The summed E-state index contributed by atoms with van der Waals surface area (Å²) >= 11 is 10.2. The third kappa shape index (κ3) is 8.48. The predicted molar refractivity (Wildman–Crippen MR) is 137 cm³/mol. The summed E-state index contributed by atoms with van der Waals surface area (Å²) in [6.45, 7) is 5.94. The maximum Gasteiger partial charge on any atom is 0.187 e. The van der Waals surface area contributed by atoms with Gasteiger partial charge < -0.3 is 20.9 Å². The van der Waals surface area contributed by atoms with Crippen molar-refractivity contribution < 1.29 is 9.47 Å². The summed E-state index contributed by atoms with van der Waals surface area (Å²) in [6.07, 6.45) is 2.97. The van der Waals surface area contributed by atoms with E-state index in [4.69, 9.17) is 45.4 Å². The third-order valence-corrected chi connectivity index (χ3v) is 4.54. The van der Waals surface area contributed by atoms with Gasteiger partial charge in [0.05, 0.1) is 38.7 Å². The van der Waals surface area contributed by atoms with E-state index in [2.05, 4.69) is 10.2 Å². The molecular formula is C22H28N6O2S2. The first-order valence-corrected chi connectivity index (χ1v) is 10.9. The highest BCUT2D eigenvalue weighted by atomic mass is 32.1. The molecule has 0 spiro atoms. The number of hydrogen-bond acceptors (Lipinski definition) is 6. The Hall–Kier alpha value is -3.24. The van der Waals surface area contributed by atoms with E-state index in [0.717, 1.165) is 22.6 Å². The minimum Gasteiger partial charge on any atom is -0.494 e. The molecular weight excluding hydrogens is 444 g/mol. The molecule has 0 heterocycles. The molecule has 10 heteroatoms. The predicted octanol–water partition coefficient (Wildman–Crippen LogP) is 3.25. The molecule has 8 nitrogen and oxygen atoms in total. The quantitative estimate of drug-likeness (QED) is 0.292. The molecule has 0 aliphatic carbocycles. The van der Waals surface area contributed by atoms with Gasteiger partial charge in [-0.25, -0.2) is 10.0 Å². The molecule has 4 N–H and O–H groups in total. The standard InChI is InChI=1S/C22H28N6O2S2/c1-3-29-19-9-5-17(6-10-19)15-27(21(23)31)25-13-14-26-28(22(24)32)16-18-7-11-20(12-8-18)30-4-2/h5-14H,3-4,15-16H2,1-2H3,(H2,23,31)(H2,24,32)/b25-13-,26-14-. The van der Waals surface area contributed by atoms with Gasteiger partial charge in [0.15, 0.2) is 10.2 Å². The fraction of sp³-hybridized carbons (Fsp3) is 0.273. The lowest BCUT2D eigenvalue weighted by Crippen LogP contribution is -2.31. The molecule has 0 atom stereocenters. The summed E-state index contributed by atoms with van der Waals surface area (Å²) in [5.74, 6) is 1.61. The van der Waals surface area contributed by atoms with Gasteiger partial charge in [-0.2, -0.15) is 10.2 Å². The zero-order valence-corrected chi connectivity index (χ0v) is 19.8. The van der Waals surface area contributed by atoms with Crippen LogP contribution in [0.4, 0.5) is 0 Å². The molecule has 2 aromatic carbocycles. The second-order valence-electron chi connectivity index (χ2n) is 6.47. The SMILES string of the molecule is CCOc1ccc(CN(/N=C\C=N/N(Cc2ccc(OCC)cc2)C(N)=S)C(N)=S)cc1. The van der Waals surface area contributed by atoms with Crippen LogP contribution in [-0.2, 0) is 13.1 Å². The van der Waals surface area contributed by atoms with Gasteiger partial charge in [0.1, 0.15) is 11.5 Å². The van der Waals surface area contributed by atoms with Gasteiger partial charge in [-0.05, 0) is 73.7 Å². The maximum absolute atomic E-state index is 5.80. The van der Waals surface area contributed by atoms with Crippen molar-refractivity contribution in [1.82, 2.24) is 10.0 Å². The summed E-state index contributed by atoms with van der Waals surface area (Å²) in [6, 6.07) is 15.3. The number of nitrogens with two attached hydrogens (primary N) is 2. The van der Waals surface area contributed by atoms with Crippen molar-refractivity contribution in [3.63, 3.8) is 0 Å². The highest BCUT2D eigenvalue weighted by Crippen LogP contribution is 2.15. The topological polar surface area (TPSA) is 102 Å². The lowest BCUT2D eigenvalue weighted by atomic mass is 10.2. The molecule has 0 radical (unpaired) electrons. The molecule has 0 fully saturated rings. The summed E-state index contributed by atoms with van der Waals surface area (Å²) in [5.41, 5.74) is 13.6. The molecule has 0 aliphatic rings. The first-order valence-electron chi connectivity index (χ1n) is 10.1. The summed E-state index contributed by atoms with van der Waals surface area (Å²) in [7, 11) is 0. The van der Waals surface area contributed by atoms with Gasteiger partial charge >= 0.3 is 0 Å². The molecule has 0 bridgehead atoms. The Morgan fingerprint density at radius 1 is 0.750 bits per heavy atom. The number of hydrogen-bond donors (Lipinski definition) is 2. The van der Waals surface area contributed by atoms with E-state index in [9.17, 15) is 0 Å². The Balaban J connectivity index is 1.99. The Kier molecular flexibility index (Phi) is 10.3. The lowest BCUT2D eigenvalue weighted by molar-refractivity contribution is 0.339. The van der Waals surface area contributed by atoms with E-state index in [1.54, 1.807) is 0 Å². The molecule has 0 saturated heterocycles. The van der Waals surface area contributed by atoms with Crippen LogP contribution < -0.4 is 20.9 Å². The fourth-order valence-corrected chi connectivity index (χ4v) is 2.86. The molecule has 32 heavy (non-hydrogen) atoms. The van der Waals surface area contributed by atoms with Crippen LogP contribution in [0, 0.1) is 0 Å². The molecule has 0 unspecified atom stereocenters. The molecule has 0 amide bonds. The lowest BCUT2D eigenvalue weighted by Gasteiger charge is -2.17. The summed E-state index contributed by atoms with van der Waals surface area (Å²) in [5, 5.41) is 11.8. The smallest absolute Gasteiger partial charge is 0.187 e. The largest absolute Gasteiger partial charge is 0.494 e. The minimum absolute atomic E-state index is 0.143. The fourth-order valence-electron chi connectivity index (χ4n) is 2.63. The van der Waals surface area contributed by atoms with Gasteiger partial charge in [-0.1, -0.05) is 24.3 Å². The maximum atomic E-state index is 5.80. The minimum atomic E-state index is 0.143. The Morgan fingerprint density at radius 2 is 1.09 bits per heavy atom. The van der Waals surface area contributed by atoms with Crippen LogP contribution in [0.1, 0.15) is 25.0 Å². The molecule has 0 aliphatic heterocycles. The van der Waals surface area contributed by atoms with Crippen molar-refractivity contribution >= 4 is 47.1 Å². The number of ether oxygens (including phenoxy) is 2. The van der Waals surface area contributed by atoms with E-state index in [1.165, 1.54) is 22.4 Å². The second kappa shape index (κ2) is 13.2. The van der Waals surface area contributed by atoms with Crippen LogP contribution in [0.5, 0.6) is 11.5 Å². The van der Waals surface area contributed by atoms with Gasteiger partial charge in [0.2, 0.25) is 0 Å². The number of nitrogens with zero attached hydrogens (tertiary/aromatic N) is 4. The van der Waals surface area contributed by atoms with Crippen LogP contribution in [-0.4, -0.2) is 45.9 Å². The van der Waals surface area contributed by atoms with Gasteiger partial charge in [-0.3, -0.25) is 0 Å². The molecule has 2 aromatic rings. The van der Waals surface area contributed by atoms with Crippen molar-refractivity contribution in [2.24, 2.45) is 21.7 Å². The average Bonchev–Trinajstić information content (AvgIpc) is 2.77. The highest BCUT2D eigenvalue weighted by Gasteiger charge is 2.07. The number of rotatable bonds is 11. The first-order chi connectivity index (χ1) is 15.4. The summed E-state index contributed by atoms with van der Waals surface area (Å²) < 4.78 is 10.9. The van der Waals surface area contributed by atoms with Crippen LogP contribution in [0.2, 0.25) is 0 Å². The highest BCUT2D eigenvalue weighted by molar-refractivity contribution is 7.80. The van der Waals surface area contributed by atoms with E-state index >= 15 is 0 Å². The van der Waals surface area contributed by atoms with Crippen LogP contribution in [0.15, 0.2) is 58.7 Å². The third-order valence-electron chi connectivity index (χ3n) is 4.12. The average molecular weight is 473 g/mol.